The maximum absolute atomic E-state index is 12.7. The molecule has 0 bridgehead atoms. The second-order valence-corrected chi connectivity index (χ2v) is 8.29. The first kappa shape index (κ1) is 19.8. The Hall–Kier alpha value is -1.54. The lowest BCUT2D eigenvalue weighted by Crippen LogP contribution is -2.49. The van der Waals surface area contributed by atoms with Crippen LogP contribution in [0.5, 0.6) is 5.75 Å². The quantitative estimate of drug-likeness (QED) is 0.636. The summed E-state index contributed by atoms with van der Waals surface area (Å²) in [6, 6.07) is 1.60. The van der Waals surface area contributed by atoms with Gasteiger partial charge in [0.1, 0.15) is 5.75 Å². The Morgan fingerprint density at radius 3 is 3.00 bits per heavy atom. The molecule has 1 aromatic rings. The summed E-state index contributed by atoms with van der Waals surface area (Å²) < 4.78 is 11.5. The van der Waals surface area contributed by atoms with E-state index >= 15 is 0 Å². The van der Waals surface area contributed by atoms with Gasteiger partial charge in [-0.2, -0.15) is 0 Å². The number of hydrogen-bond acceptors (Lipinski definition) is 6. The summed E-state index contributed by atoms with van der Waals surface area (Å²) in [4.78, 5) is 15.2. The Morgan fingerprint density at radius 2 is 2.18 bits per heavy atom. The SMILES string of the molecule is Nc1c(Cl)cc(C(=O)NCC2CN(CC3CCNCC3)CCO2)c2c1CCO2. The Morgan fingerprint density at radius 1 is 1.36 bits per heavy atom. The van der Waals surface area contributed by atoms with Crippen LogP contribution in [0.15, 0.2) is 6.07 Å². The molecule has 7 nitrogen and oxygen atoms in total. The van der Waals surface area contributed by atoms with Crippen LogP contribution in [0.4, 0.5) is 5.69 Å². The average molecular weight is 409 g/mol. The first-order valence-electron chi connectivity index (χ1n) is 10.2. The van der Waals surface area contributed by atoms with Gasteiger partial charge < -0.3 is 25.8 Å². The van der Waals surface area contributed by atoms with Crippen molar-refractivity contribution in [2.75, 3.05) is 58.2 Å². The topological polar surface area (TPSA) is 88.9 Å². The number of morpholine rings is 1. The first-order valence-corrected chi connectivity index (χ1v) is 10.6. The van der Waals surface area contributed by atoms with Gasteiger partial charge in [-0.3, -0.25) is 9.69 Å². The number of anilines is 1. The number of hydrogen-bond donors (Lipinski definition) is 3. The van der Waals surface area contributed by atoms with Crippen LogP contribution >= 0.6 is 11.6 Å². The van der Waals surface area contributed by atoms with E-state index in [-0.39, 0.29) is 12.0 Å². The van der Waals surface area contributed by atoms with Gasteiger partial charge in [-0.25, -0.2) is 0 Å². The molecule has 154 valence electrons. The zero-order valence-electron chi connectivity index (χ0n) is 16.1. The van der Waals surface area contributed by atoms with E-state index in [1.165, 1.54) is 12.8 Å². The zero-order valence-corrected chi connectivity index (χ0v) is 16.9. The third kappa shape index (κ3) is 4.38. The molecule has 0 spiro atoms. The number of benzene rings is 1. The van der Waals surface area contributed by atoms with Crippen LogP contribution < -0.4 is 21.1 Å². The first-order chi connectivity index (χ1) is 13.6. The molecule has 3 aliphatic heterocycles. The number of amides is 1. The monoisotopic (exact) mass is 408 g/mol. The van der Waals surface area contributed by atoms with Gasteiger partial charge in [0.05, 0.1) is 35.6 Å². The van der Waals surface area contributed by atoms with E-state index < -0.39 is 0 Å². The molecule has 1 atom stereocenters. The van der Waals surface area contributed by atoms with E-state index in [0.29, 0.717) is 48.2 Å². The summed E-state index contributed by atoms with van der Waals surface area (Å²) in [5.74, 6) is 1.13. The van der Waals surface area contributed by atoms with Gasteiger partial charge in [0.2, 0.25) is 0 Å². The molecule has 2 saturated heterocycles. The van der Waals surface area contributed by atoms with Crippen LogP contribution in [0.2, 0.25) is 5.02 Å². The number of halogens is 1. The Bertz CT molecular complexity index is 724. The minimum atomic E-state index is -0.195. The van der Waals surface area contributed by atoms with E-state index in [4.69, 9.17) is 26.8 Å². The van der Waals surface area contributed by atoms with Gasteiger partial charge in [0, 0.05) is 38.2 Å². The summed E-state index contributed by atoms with van der Waals surface area (Å²) >= 11 is 6.21. The number of nitrogens with two attached hydrogens (primary N) is 1. The Kier molecular flexibility index (Phi) is 6.25. The van der Waals surface area contributed by atoms with Crippen molar-refractivity contribution in [3.63, 3.8) is 0 Å². The summed E-state index contributed by atoms with van der Waals surface area (Å²) in [5.41, 5.74) is 7.81. The van der Waals surface area contributed by atoms with Crippen molar-refractivity contribution in [1.82, 2.24) is 15.5 Å². The Labute approximate surface area is 170 Å². The van der Waals surface area contributed by atoms with Crippen molar-refractivity contribution in [3.8, 4) is 5.75 Å². The van der Waals surface area contributed by atoms with Crippen molar-refractivity contribution in [1.29, 1.82) is 0 Å². The van der Waals surface area contributed by atoms with Crippen LogP contribution in [0.25, 0.3) is 0 Å². The van der Waals surface area contributed by atoms with Crippen molar-refractivity contribution in [2.24, 2.45) is 5.92 Å². The molecule has 3 aliphatic rings. The number of nitrogens with zero attached hydrogens (tertiary/aromatic N) is 1. The largest absolute Gasteiger partial charge is 0.492 e. The van der Waals surface area contributed by atoms with Crippen LogP contribution in [0.1, 0.15) is 28.8 Å². The molecule has 1 aromatic carbocycles. The maximum atomic E-state index is 12.7. The second kappa shape index (κ2) is 8.86. The van der Waals surface area contributed by atoms with E-state index in [0.717, 1.165) is 44.2 Å². The zero-order chi connectivity index (χ0) is 19.5. The molecule has 8 heteroatoms. The molecule has 4 N–H and O–H groups in total. The normalized spacial score (nSPS) is 23.2. The van der Waals surface area contributed by atoms with Gasteiger partial charge in [-0.05, 0) is 37.9 Å². The van der Waals surface area contributed by atoms with Crippen LogP contribution in [0.3, 0.4) is 0 Å². The third-order valence-electron chi connectivity index (χ3n) is 5.90. The van der Waals surface area contributed by atoms with E-state index in [2.05, 4.69) is 15.5 Å². The highest BCUT2D eigenvalue weighted by atomic mass is 35.5. The van der Waals surface area contributed by atoms with Gasteiger partial charge in [-0.15, -0.1) is 0 Å². The lowest BCUT2D eigenvalue weighted by Gasteiger charge is -2.36. The molecule has 0 saturated carbocycles. The fraction of sp³-hybridized carbons (Fsp3) is 0.650. The van der Waals surface area contributed by atoms with Crippen molar-refractivity contribution < 1.29 is 14.3 Å². The fourth-order valence-corrected chi connectivity index (χ4v) is 4.56. The highest BCUT2D eigenvalue weighted by Crippen LogP contribution is 2.38. The highest BCUT2D eigenvalue weighted by molar-refractivity contribution is 6.33. The summed E-state index contributed by atoms with van der Waals surface area (Å²) in [5, 5.41) is 6.80. The highest BCUT2D eigenvalue weighted by Gasteiger charge is 2.27. The molecule has 1 amide bonds. The standard InChI is InChI=1S/C20H29ClN4O3/c21-17-9-16(19-15(18(17)22)3-7-28-19)20(26)24-10-14-12-25(6-8-27-14)11-13-1-4-23-5-2-13/h9,13-14,23H,1-8,10-12,22H2,(H,24,26). The number of nitrogens with one attached hydrogen (secondary N) is 2. The minimum Gasteiger partial charge on any atom is -0.492 e. The number of ether oxygens (including phenoxy) is 2. The molecule has 0 aliphatic carbocycles. The van der Waals surface area contributed by atoms with Gasteiger partial charge >= 0.3 is 0 Å². The maximum Gasteiger partial charge on any atom is 0.255 e. The molecule has 1 unspecified atom stereocenters. The molecular weight excluding hydrogens is 380 g/mol. The smallest absolute Gasteiger partial charge is 0.255 e. The summed E-state index contributed by atoms with van der Waals surface area (Å²) in [6.45, 7) is 6.86. The number of piperidine rings is 1. The van der Waals surface area contributed by atoms with Gasteiger partial charge in [0.25, 0.3) is 5.91 Å². The average Bonchev–Trinajstić information content (AvgIpc) is 3.20. The van der Waals surface area contributed by atoms with Crippen LogP contribution in [-0.2, 0) is 11.2 Å². The van der Waals surface area contributed by atoms with Crippen molar-refractivity contribution in [3.05, 3.63) is 22.2 Å². The molecule has 0 aromatic heterocycles. The summed E-state index contributed by atoms with van der Waals surface area (Å²) in [7, 11) is 0. The second-order valence-electron chi connectivity index (χ2n) is 7.88. The fourth-order valence-electron chi connectivity index (χ4n) is 4.34. The number of fused-ring (bicyclic) bond motifs is 1. The molecule has 28 heavy (non-hydrogen) atoms. The lowest BCUT2D eigenvalue weighted by atomic mass is 9.97. The number of carbonyl (C=O) groups is 1. The van der Waals surface area contributed by atoms with Crippen molar-refractivity contribution in [2.45, 2.75) is 25.4 Å². The lowest BCUT2D eigenvalue weighted by molar-refractivity contribution is -0.0320. The number of carbonyl (C=O) groups excluding carboxylic acids is 1. The molecule has 0 radical (unpaired) electrons. The molecular formula is C20H29ClN4O3. The Balaban J connectivity index is 1.32. The third-order valence-corrected chi connectivity index (χ3v) is 6.22. The molecule has 2 fully saturated rings. The van der Waals surface area contributed by atoms with E-state index in [9.17, 15) is 4.79 Å². The minimum absolute atomic E-state index is 0.00219. The number of nitrogen functional groups attached to an aromatic ring is 1. The predicted octanol–water partition coefficient (Wildman–Crippen LogP) is 1.29. The summed E-state index contributed by atoms with van der Waals surface area (Å²) in [6.07, 6.45) is 3.15. The van der Waals surface area contributed by atoms with Gasteiger partial charge in [-0.1, -0.05) is 11.6 Å². The molecule has 3 heterocycles. The van der Waals surface area contributed by atoms with Gasteiger partial charge in [0.15, 0.2) is 0 Å². The van der Waals surface area contributed by atoms with Crippen LogP contribution in [-0.4, -0.2) is 69.4 Å². The van der Waals surface area contributed by atoms with E-state index in [1.54, 1.807) is 6.07 Å². The molecule has 4 rings (SSSR count). The van der Waals surface area contributed by atoms with E-state index in [1.807, 2.05) is 0 Å². The van der Waals surface area contributed by atoms with Crippen molar-refractivity contribution >= 4 is 23.2 Å². The predicted molar refractivity (Wildman–Crippen MR) is 109 cm³/mol. The van der Waals surface area contributed by atoms with Crippen LogP contribution in [0, 0.1) is 5.92 Å². The number of rotatable bonds is 5.